The zero-order valence-electron chi connectivity index (χ0n) is 24.8. The van der Waals surface area contributed by atoms with Crippen LogP contribution in [0.25, 0.3) is 16.8 Å². The van der Waals surface area contributed by atoms with Gasteiger partial charge in [-0.15, -0.1) is 0 Å². The molecule has 0 saturated carbocycles. The molecule has 0 saturated heterocycles. The number of hydrogen-bond donors (Lipinski definition) is 3. The van der Waals surface area contributed by atoms with E-state index in [1.165, 1.54) is 0 Å². The summed E-state index contributed by atoms with van der Waals surface area (Å²) in [6, 6.07) is 20.3. The summed E-state index contributed by atoms with van der Waals surface area (Å²) in [5.74, 6) is -0.320. The highest BCUT2D eigenvalue weighted by Crippen LogP contribution is 2.43. The molecule has 214 valence electrons. The summed E-state index contributed by atoms with van der Waals surface area (Å²) >= 11 is 0. The largest absolute Gasteiger partial charge is 0.507 e. The summed E-state index contributed by atoms with van der Waals surface area (Å²) in [4.78, 5) is 33.4. The van der Waals surface area contributed by atoms with Crippen molar-refractivity contribution >= 4 is 39.8 Å². The summed E-state index contributed by atoms with van der Waals surface area (Å²) in [7, 11) is 0. The number of hydrogen-bond acceptors (Lipinski definition) is 6. The lowest BCUT2D eigenvalue weighted by Crippen LogP contribution is -2.36. The maximum atomic E-state index is 13.7. The second-order valence-electron chi connectivity index (χ2n) is 13.3. The van der Waals surface area contributed by atoms with Crippen molar-refractivity contribution in [2.45, 2.75) is 58.4 Å². The fourth-order valence-electron chi connectivity index (χ4n) is 6.01. The molecule has 0 amide bonds. The van der Waals surface area contributed by atoms with E-state index in [2.05, 4.69) is 52.3 Å². The molecule has 6 rings (SSSR count). The molecule has 4 aromatic carbocycles. The number of Topliss-reactive ketones (excluding diaryl/α,β-unsaturated/α-hetero) is 2. The second-order valence-corrected chi connectivity index (χ2v) is 13.3. The molecule has 2 unspecified atom stereocenters. The fraction of sp³-hybridized carbons (Fsp3) is 0.278. The Morgan fingerprint density at radius 3 is 2.21 bits per heavy atom. The summed E-state index contributed by atoms with van der Waals surface area (Å²) in [6.07, 6.45) is 3.84. The van der Waals surface area contributed by atoms with Crippen molar-refractivity contribution in [3.8, 4) is 11.5 Å². The summed E-state index contributed by atoms with van der Waals surface area (Å²) in [5.41, 5.74) is 7.43. The van der Waals surface area contributed by atoms with Gasteiger partial charge < -0.3 is 15.3 Å². The summed E-state index contributed by atoms with van der Waals surface area (Å²) < 4.78 is 0. The van der Waals surface area contributed by atoms with Gasteiger partial charge >= 0.3 is 0 Å². The van der Waals surface area contributed by atoms with Crippen LogP contribution in [0, 0.1) is 5.92 Å². The lowest BCUT2D eigenvalue weighted by Gasteiger charge is -2.29. The van der Waals surface area contributed by atoms with Crippen LogP contribution < -0.4 is 15.6 Å². The van der Waals surface area contributed by atoms with Crippen molar-refractivity contribution in [3.05, 3.63) is 101 Å². The zero-order valence-corrected chi connectivity index (χ0v) is 24.8. The van der Waals surface area contributed by atoms with E-state index in [1.807, 2.05) is 72.8 Å². The standard InChI is InChI=1S/C36H36N2O4/c1-35(2,3)25-18-22(19-26(33(25)40)36(4,5)6)42-38-28-13-9-11-21-15-17-27(37-31(21)28)30-32(39)24-16-14-20-10-7-8-12-23(20)29(24)34(30)41/h7-19,27,30,37-38,40H,1-6H3. The molecule has 6 heteroatoms. The Morgan fingerprint density at radius 1 is 0.833 bits per heavy atom. The minimum Gasteiger partial charge on any atom is -0.507 e. The van der Waals surface area contributed by atoms with Crippen molar-refractivity contribution in [1.29, 1.82) is 0 Å². The number of phenolic OH excluding ortho intramolecular Hbond substituents is 1. The van der Waals surface area contributed by atoms with Crippen molar-refractivity contribution in [2.75, 3.05) is 10.8 Å². The van der Waals surface area contributed by atoms with Crippen LogP contribution in [0.3, 0.4) is 0 Å². The molecule has 1 aliphatic heterocycles. The number of carbonyl (C=O) groups excluding carboxylic acids is 2. The van der Waals surface area contributed by atoms with E-state index in [-0.39, 0.29) is 28.1 Å². The molecule has 42 heavy (non-hydrogen) atoms. The van der Waals surface area contributed by atoms with Gasteiger partial charge in [-0.1, -0.05) is 102 Å². The maximum absolute atomic E-state index is 13.7. The third-order valence-corrected chi connectivity index (χ3v) is 8.23. The number of nitrogens with one attached hydrogen (secondary N) is 2. The first kappa shape index (κ1) is 27.6. The average molecular weight is 561 g/mol. The molecule has 1 aliphatic carbocycles. The number of fused-ring (bicyclic) bond motifs is 4. The molecule has 2 aliphatic rings. The summed E-state index contributed by atoms with van der Waals surface area (Å²) in [5, 5.41) is 16.3. The highest BCUT2D eigenvalue weighted by atomic mass is 16.6. The molecule has 2 atom stereocenters. The summed E-state index contributed by atoms with van der Waals surface area (Å²) in [6.45, 7) is 12.3. The molecule has 0 radical (unpaired) electrons. The van der Waals surface area contributed by atoms with Gasteiger partial charge in [0.25, 0.3) is 0 Å². The number of rotatable bonds is 4. The molecule has 1 heterocycles. The normalized spacial score (nSPS) is 18.0. The van der Waals surface area contributed by atoms with Gasteiger partial charge in [-0.25, -0.2) is 5.48 Å². The predicted octanol–water partition coefficient (Wildman–Crippen LogP) is 8.05. The van der Waals surface area contributed by atoms with Crippen LogP contribution in [0.5, 0.6) is 11.5 Å². The first-order chi connectivity index (χ1) is 19.8. The van der Waals surface area contributed by atoms with E-state index >= 15 is 0 Å². The van der Waals surface area contributed by atoms with E-state index in [0.29, 0.717) is 22.6 Å². The third-order valence-electron chi connectivity index (χ3n) is 8.23. The van der Waals surface area contributed by atoms with Gasteiger partial charge in [0.2, 0.25) is 0 Å². The van der Waals surface area contributed by atoms with E-state index in [4.69, 9.17) is 4.84 Å². The van der Waals surface area contributed by atoms with Gasteiger partial charge in [-0.05, 0) is 45.4 Å². The number of anilines is 2. The van der Waals surface area contributed by atoms with Gasteiger partial charge in [-0.2, -0.15) is 0 Å². The van der Waals surface area contributed by atoms with Crippen molar-refractivity contribution in [3.63, 3.8) is 0 Å². The molecule has 0 fully saturated rings. The quantitative estimate of drug-likeness (QED) is 0.173. The monoisotopic (exact) mass is 560 g/mol. The van der Waals surface area contributed by atoms with Crippen molar-refractivity contribution < 1.29 is 19.5 Å². The topological polar surface area (TPSA) is 87.7 Å². The molecule has 3 N–H and O–H groups in total. The lowest BCUT2D eigenvalue weighted by atomic mass is 9.79. The van der Waals surface area contributed by atoms with Crippen LogP contribution in [0.4, 0.5) is 11.4 Å². The minimum absolute atomic E-state index is 0.160. The number of carbonyl (C=O) groups is 2. The Balaban J connectivity index is 1.29. The van der Waals surface area contributed by atoms with E-state index in [0.717, 1.165) is 33.2 Å². The van der Waals surface area contributed by atoms with Gasteiger partial charge in [0.15, 0.2) is 17.3 Å². The van der Waals surface area contributed by atoms with Crippen molar-refractivity contribution in [1.82, 2.24) is 0 Å². The SMILES string of the molecule is CC(C)(C)c1cc(ONc2cccc3c2NC(C2C(=O)c4ccc5ccccc5c4C2=O)C=C3)cc(C(C)(C)C)c1O. The van der Waals surface area contributed by atoms with Gasteiger partial charge in [0.05, 0.1) is 17.4 Å². The zero-order chi connectivity index (χ0) is 30.0. The lowest BCUT2D eigenvalue weighted by molar-refractivity contribution is 0.0834. The molecule has 4 aromatic rings. The van der Waals surface area contributed by atoms with Crippen LogP contribution in [-0.4, -0.2) is 22.7 Å². The molecule has 0 aromatic heterocycles. The highest BCUT2D eigenvalue weighted by Gasteiger charge is 2.44. The maximum Gasteiger partial charge on any atom is 0.177 e. The first-order valence-electron chi connectivity index (χ1n) is 14.3. The van der Waals surface area contributed by atoms with Gasteiger partial charge in [0.1, 0.15) is 11.7 Å². The highest BCUT2D eigenvalue weighted by molar-refractivity contribution is 6.31. The minimum atomic E-state index is -0.857. The molecular weight excluding hydrogens is 524 g/mol. The molecule has 0 spiro atoms. The van der Waals surface area contributed by atoms with E-state index < -0.39 is 12.0 Å². The Bertz CT molecular complexity index is 1750. The van der Waals surface area contributed by atoms with Crippen LogP contribution in [0.2, 0.25) is 0 Å². The smallest absolute Gasteiger partial charge is 0.177 e. The number of para-hydroxylation sites is 1. The average Bonchev–Trinajstić information content (AvgIpc) is 3.20. The van der Waals surface area contributed by atoms with Gasteiger partial charge in [0, 0.05) is 22.3 Å². The number of phenols is 1. The van der Waals surface area contributed by atoms with Crippen LogP contribution in [0.15, 0.2) is 72.8 Å². The fourth-order valence-corrected chi connectivity index (χ4v) is 6.01. The van der Waals surface area contributed by atoms with E-state index in [9.17, 15) is 14.7 Å². The predicted molar refractivity (Wildman–Crippen MR) is 169 cm³/mol. The van der Waals surface area contributed by atoms with Crippen LogP contribution in [-0.2, 0) is 10.8 Å². The number of benzene rings is 4. The Kier molecular flexibility index (Phi) is 6.41. The first-order valence-corrected chi connectivity index (χ1v) is 14.3. The number of ketones is 2. The Morgan fingerprint density at radius 2 is 1.52 bits per heavy atom. The van der Waals surface area contributed by atoms with Gasteiger partial charge in [-0.3, -0.25) is 9.59 Å². The van der Waals surface area contributed by atoms with Crippen molar-refractivity contribution in [2.24, 2.45) is 5.92 Å². The van der Waals surface area contributed by atoms with E-state index in [1.54, 1.807) is 6.07 Å². The number of aromatic hydroxyl groups is 1. The molecular formula is C36H36N2O4. The second kappa shape index (κ2) is 9.76. The van der Waals surface area contributed by atoms with Crippen LogP contribution in [0.1, 0.15) is 78.9 Å². The third kappa shape index (κ3) is 4.61. The molecule has 6 nitrogen and oxygen atoms in total. The Hall–Kier alpha value is -4.58. The van der Waals surface area contributed by atoms with Crippen LogP contribution >= 0.6 is 0 Å². The Labute approximate surface area is 246 Å². The molecule has 0 bridgehead atoms.